The third kappa shape index (κ3) is 5.04. The Kier molecular flexibility index (Phi) is 6.15. The van der Waals surface area contributed by atoms with Crippen LogP contribution in [0.3, 0.4) is 0 Å². The van der Waals surface area contributed by atoms with Gasteiger partial charge in [0.05, 0.1) is 24.0 Å². The highest BCUT2D eigenvalue weighted by atomic mass is 16.5. The number of carbonyl (C=O) groups excluding carboxylic acids is 2. The highest BCUT2D eigenvalue weighted by molar-refractivity contribution is 6.08. The smallest absolute Gasteiger partial charge is 0.257 e. The number of pyridine rings is 1. The summed E-state index contributed by atoms with van der Waals surface area (Å²) in [5.41, 5.74) is 2.27. The van der Waals surface area contributed by atoms with Crippen LogP contribution < -0.4 is 15.4 Å². The molecule has 1 aromatic heterocycles. The first kappa shape index (κ1) is 18.8. The SMILES string of the molecule is COc1cccc(/C=C/C(=O)Nc2ccccc2NC(=O)c2cccnc2)c1. The van der Waals surface area contributed by atoms with Crippen LogP contribution in [0.25, 0.3) is 6.08 Å². The Hall–Kier alpha value is -3.93. The first-order valence-electron chi connectivity index (χ1n) is 8.59. The normalized spacial score (nSPS) is 10.5. The number of para-hydroxylation sites is 2. The third-order valence-electron chi connectivity index (χ3n) is 3.88. The van der Waals surface area contributed by atoms with E-state index < -0.39 is 0 Å². The van der Waals surface area contributed by atoms with Crippen molar-refractivity contribution in [3.63, 3.8) is 0 Å². The quantitative estimate of drug-likeness (QED) is 0.640. The van der Waals surface area contributed by atoms with Gasteiger partial charge in [-0.1, -0.05) is 24.3 Å². The number of hydrogen-bond acceptors (Lipinski definition) is 4. The van der Waals surface area contributed by atoms with Crippen molar-refractivity contribution in [3.05, 3.63) is 90.3 Å². The van der Waals surface area contributed by atoms with Crippen LogP contribution in [0.2, 0.25) is 0 Å². The maximum absolute atomic E-state index is 12.3. The lowest BCUT2D eigenvalue weighted by Crippen LogP contribution is -2.15. The predicted octanol–water partition coefficient (Wildman–Crippen LogP) is 3.99. The number of aromatic nitrogens is 1. The molecular formula is C22H19N3O3. The van der Waals surface area contributed by atoms with Crippen molar-refractivity contribution in [3.8, 4) is 5.75 Å². The van der Waals surface area contributed by atoms with E-state index in [-0.39, 0.29) is 11.8 Å². The lowest BCUT2D eigenvalue weighted by atomic mass is 10.2. The van der Waals surface area contributed by atoms with E-state index in [1.165, 1.54) is 12.3 Å². The lowest BCUT2D eigenvalue weighted by molar-refractivity contribution is -0.111. The number of rotatable bonds is 6. The van der Waals surface area contributed by atoms with Crippen LogP contribution >= 0.6 is 0 Å². The number of amides is 2. The fourth-order valence-corrected chi connectivity index (χ4v) is 2.48. The van der Waals surface area contributed by atoms with Crippen molar-refractivity contribution in [2.24, 2.45) is 0 Å². The summed E-state index contributed by atoms with van der Waals surface area (Å²) in [6.45, 7) is 0. The molecule has 2 amide bonds. The molecule has 0 aliphatic carbocycles. The van der Waals surface area contributed by atoms with E-state index in [0.717, 1.165) is 5.56 Å². The molecule has 0 bridgehead atoms. The van der Waals surface area contributed by atoms with Gasteiger partial charge in [-0.2, -0.15) is 0 Å². The van der Waals surface area contributed by atoms with Crippen LogP contribution in [0.1, 0.15) is 15.9 Å². The van der Waals surface area contributed by atoms with E-state index in [4.69, 9.17) is 4.74 Å². The second-order valence-corrected chi connectivity index (χ2v) is 5.84. The second-order valence-electron chi connectivity index (χ2n) is 5.84. The number of carbonyl (C=O) groups is 2. The maximum Gasteiger partial charge on any atom is 0.257 e. The third-order valence-corrected chi connectivity index (χ3v) is 3.88. The molecule has 0 saturated heterocycles. The Bertz CT molecular complexity index is 1000. The van der Waals surface area contributed by atoms with Gasteiger partial charge in [0.2, 0.25) is 5.91 Å². The molecule has 6 heteroatoms. The molecule has 140 valence electrons. The predicted molar refractivity (Wildman–Crippen MR) is 109 cm³/mol. The average Bonchev–Trinajstić information content (AvgIpc) is 2.74. The fraction of sp³-hybridized carbons (Fsp3) is 0.0455. The Morgan fingerprint density at radius 2 is 1.75 bits per heavy atom. The summed E-state index contributed by atoms with van der Waals surface area (Å²) in [6, 6.07) is 17.7. The van der Waals surface area contributed by atoms with Gasteiger partial charge in [-0.3, -0.25) is 14.6 Å². The Labute approximate surface area is 162 Å². The van der Waals surface area contributed by atoms with E-state index in [2.05, 4.69) is 15.6 Å². The minimum absolute atomic E-state index is 0.304. The lowest BCUT2D eigenvalue weighted by Gasteiger charge is -2.11. The minimum atomic E-state index is -0.314. The van der Waals surface area contributed by atoms with Crippen LogP contribution in [0.5, 0.6) is 5.75 Å². The van der Waals surface area contributed by atoms with Crippen LogP contribution in [-0.4, -0.2) is 23.9 Å². The van der Waals surface area contributed by atoms with Crippen LogP contribution in [0, 0.1) is 0 Å². The van der Waals surface area contributed by atoms with Crippen LogP contribution in [0.4, 0.5) is 11.4 Å². The van der Waals surface area contributed by atoms with E-state index in [1.54, 1.807) is 55.8 Å². The molecule has 6 nitrogen and oxygen atoms in total. The second kappa shape index (κ2) is 9.14. The maximum atomic E-state index is 12.3. The van der Waals surface area contributed by atoms with Crippen molar-refractivity contribution in [1.29, 1.82) is 0 Å². The summed E-state index contributed by atoms with van der Waals surface area (Å²) in [7, 11) is 1.59. The van der Waals surface area contributed by atoms with Crippen LogP contribution in [0.15, 0.2) is 79.1 Å². The number of benzene rings is 2. The molecule has 0 atom stereocenters. The summed E-state index contributed by atoms with van der Waals surface area (Å²) in [5, 5.41) is 5.57. The summed E-state index contributed by atoms with van der Waals surface area (Å²) >= 11 is 0. The van der Waals surface area contributed by atoms with Gasteiger partial charge in [-0.25, -0.2) is 0 Å². The highest BCUT2D eigenvalue weighted by Crippen LogP contribution is 2.22. The van der Waals surface area contributed by atoms with E-state index in [0.29, 0.717) is 22.7 Å². The van der Waals surface area contributed by atoms with E-state index in [1.807, 2.05) is 24.3 Å². The zero-order chi connectivity index (χ0) is 19.8. The standard InChI is InChI=1S/C22H19N3O3/c1-28-18-8-4-6-16(14-18)11-12-21(26)24-19-9-2-3-10-20(19)25-22(27)17-7-5-13-23-15-17/h2-15H,1H3,(H,24,26)(H,25,27)/b12-11+. The van der Waals surface area contributed by atoms with Crippen molar-refractivity contribution in [2.75, 3.05) is 17.7 Å². The average molecular weight is 373 g/mol. The van der Waals surface area contributed by atoms with Gasteiger partial charge < -0.3 is 15.4 Å². The highest BCUT2D eigenvalue weighted by Gasteiger charge is 2.10. The van der Waals surface area contributed by atoms with Gasteiger partial charge in [-0.15, -0.1) is 0 Å². The fourth-order valence-electron chi connectivity index (χ4n) is 2.48. The zero-order valence-electron chi connectivity index (χ0n) is 15.3. The number of anilines is 2. The summed E-state index contributed by atoms with van der Waals surface area (Å²) in [6.07, 6.45) is 6.19. The molecule has 0 aliphatic rings. The molecule has 0 spiro atoms. The Morgan fingerprint density at radius 1 is 0.964 bits per heavy atom. The molecule has 3 rings (SSSR count). The van der Waals surface area contributed by atoms with Gasteiger partial charge in [0.25, 0.3) is 5.91 Å². The number of ether oxygens (including phenoxy) is 1. The molecular weight excluding hydrogens is 354 g/mol. The van der Waals surface area contributed by atoms with Gasteiger partial charge in [-0.05, 0) is 48.0 Å². The number of hydrogen-bond donors (Lipinski definition) is 2. The number of nitrogens with zero attached hydrogens (tertiary/aromatic N) is 1. The first-order valence-corrected chi connectivity index (χ1v) is 8.59. The number of nitrogens with one attached hydrogen (secondary N) is 2. The molecule has 0 aliphatic heterocycles. The molecule has 28 heavy (non-hydrogen) atoms. The van der Waals surface area contributed by atoms with Crippen molar-refractivity contribution >= 4 is 29.3 Å². The monoisotopic (exact) mass is 373 g/mol. The minimum Gasteiger partial charge on any atom is -0.497 e. The molecule has 2 aromatic carbocycles. The van der Waals surface area contributed by atoms with Crippen molar-refractivity contribution in [2.45, 2.75) is 0 Å². The van der Waals surface area contributed by atoms with Gasteiger partial charge >= 0.3 is 0 Å². The molecule has 0 unspecified atom stereocenters. The molecule has 0 fully saturated rings. The largest absolute Gasteiger partial charge is 0.497 e. The van der Waals surface area contributed by atoms with Crippen molar-refractivity contribution in [1.82, 2.24) is 4.98 Å². The van der Waals surface area contributed by atoms with Gasteiger partial charge in [0, 0.05) is 18.5 Å². The molecule has 3 aromatic rings. The summed E-state index contributed by atoms with van der Waals surface area (Å²) in [5.74, 6) is 0.0960. The van der Waals surface area contributed by atoms with E-state index in [9.17, 15) is 9.59 Å². The molecule has 0 saturated carbocycles. The van der Waals surface area contributed by atoms with Gasteiger partial charge in [0.15, 0.2) is 0 Å². The topological polar surface area (TPSA) is 80.3 Å². The first-order chi connectivity index (χ1) is 13.7. The molecule has 1 heterocycles. The van der Waals surface area contributed by atoms with Gasteiger partial charge in [0.1, 0.15) is 5.75 Å². The summed E-state index contributed by atoms with van der Waals surface area (Å²) < 4.78 is 5.17. The van der Waals surface area contributed by atoms with Crippen molar-refractivity contribution < 1.29 is 14.3 Å². The number of methoxy groups -OCH3 is 1. The Morgan fingerprint density at radius 3 is 2.46 bits per heavy atom. The summed E-state index contributed by atoms with van der Waals surface area (Å²) in [4.78, 5) is 28.6. The zero-order valence-corrected chi connectivity index (χ0v) is 15.3. The van der Waals surface area contributed by atoms with E-state index >= 15 is 0 Å². The van der Waals surface area contributed by atoms with Crippen LogP contribution in [-0.2, 0) is 4.79 Å². The Balaban J connectivity index is 1.69. The molecule has 2 N–H and O–H groups in total. The molecule has 0 radical (unpaired) electrons.